The zero-order chi connectivity index (χ0) is 12.1. The normalized spacial score (nSPS) is 32.8. The fraction of sp³-hybridized carbons (Fsp3) is 0.588. The third kappa shape index (κ3) is 1.56. The van der Waals surface area contributed by atoms with E-state index >= 15 is 0 Å². The number of fused-ring (bicyclic) bond motifs is 2. The summed E-state index contributed by atoms with van der Waals surface area (Å²) in [6.45, 7) is 0. The molecule has 2 atom stereocenters. The Balaban J connectivity index is 1.59. The molecule has 3 aliphatic carbocycles. The van der Waals surface area contributed by atoms with Crippen molar-refractivity contribution in [2.75, 3.05) is 0 Å². The van der Waals surface area contributed by atoms with Gasteiger partial charge in [-0.15, -0.1) is 0 Å². The Kier molecular flexibility index (Phi) is 2.36. The van der Waals surface area contributed by atoms with E-state index in [4.69, 9.17) is 0 Å². The van der Waals surface area contributed by atoms with Crippen LogP contribution >= 0.6 is 0 Å². The van der Waals surface area contributed by atoms with E-state index in [0.717, 1.165) is 17.4 Å². The quantitative estimate of drug-likeness (QED) is 0.719. The maximum Gasteiger partial charge on any atom is 0.166 e. The average Bonchev–Trinajstić information content (AvgIpc) is 2.90. The summed E-state index contributed by atoms with van der Waals surface area (Å²) in [5.41, 5.74) is 3.92. The van der Waals surface area contributed by atoms with Gasteiger partial charge in [0.1, 0.15) is 0 Å². The van der Waals surface area contributed by atoms with Crippen LogP contribution < -0.4 is 0 Å². The van der Waals surface area contributed by atoms with Gasteiger partial charge >= 0.3 is 0 Å². The molecular weight excluding hydrogens is 220 g/mol. The summed E-state index contributed by atoms with van der Waals surface area (Å²) in [5, 5.41) is 0. The Hall–Kier alpha value is -1.11. The fourth-order valence-electron chi connectivity index (χ4n) is 4.29. The van der Waals surface area contributed by atoms with E-state index in [-0.39, 0.29) is 0 Å². The van der Waals surface area contributed by atoms with Gasteiger partial charge in [0.15, 0.2) is 5.78 Å². The Morgan fingerprint density at radius 3 is 2.44 bits per heavy atom. The standard InChI is InChI=1S/C17H20O/c18-17(16-14-6-3-7-15(14)16)13-9-8-11-4-1-2-5-12(11)10-13/h8-10,14-16H,1-7H2. The number of Topliss-reactive ketones (excluding diaryl/α,β-unsaturated/α-hetero) is 1. The van der Waals surface area contributed by atoms with Crippen molar-refractivity contribution in [3.63, 3.8) is 0 Å². The van der Waals surface area contributed by atoms with E-state index in [0.29, 0.717) is 11.7 Å². The molecule has 0 amide bonds. The Morgan fingerprint density at radius 2 is 1.67 bits per heavy atom. The zero-order valence-electron chi connectivity index (χ0n) is 10.8. The number of carbonyl (C=O) groups excluding carboxylic acids is 1. The van der Waals surface area contributed by atoms with Gasteiger partial charge in [-0.1, -0.05) is 18.6 Å². The first kappa shape index (κ1) is 10.8. The summed E-state index contributed by atoms with van der Waals surface area (Å²) in [7, 11) is 0. The lowest BCUT2D eigenvalue weighted by Gasteiger charge is -2.16. The lowest BCUT2D eigenvalue weighted by atomic mass is 9.89. The molecule has 0 heterocycles. The van der Waals surface area contributed by atoms with Crippen molar-refractivity contribution in [1.29, 1.82) is 0 Å². The van der Waals surface area contributed by atoms with Crippen LogP contribution in [0.4, 0.5) is 0 Å². The predicted molar refractivity (Wildman–Crippen MR) is 71.7 cm³/mol. The number of rotatable bonds is 2. The van der Waals surface area contributed by atoms with Crippen molar-refractivity contribution in [3.05, 3.63) is 34.9 Å². The molecule has 1 aromatic rings. The molecule has 0 bridgehead atoms. The Labute approximate surface area is 109 Å². The molecular formula is C17H20O. The number of hydrogen-bond donors (Lipinski definition) is 0. The van der Waals surface area contributed by atoms with Crippen LogP contribution in [-0.2, 0) is 12.8 Å². The first-order valence-corrected chi connectivity index (χ1v) is 7.50. The van der Waals surface area contributed by atoms with Gasteiger partial charge in [0.25, 0.3) is 0 Å². The van der Waals surface area contributed by atoms with E-state index in [2.05, 4.69) is 18.2 Å². The van der Waals surface area contributed by atoms with Gasteiger partial charge in [0.05, 0.1) is 0 Å². The van der Waals surface area contributed by atoms with Crippen LogP contribution in [-0.4, -0.2) is 5.78 Å². The molecule has 1 aromatic carbocycles. The third-order valence-electron chi connectivity index (χ3n) is 5.34. The highest BCUT2D eigenvalue weighted by atomic mass is 16.1. The average molecular weight is 240 g/mol. The highest BCUT2D eigenvalue weighted by molar-refractivity contribution is 6.00. The third-order valence-corrected chi connectivity index (χ3v) is 5.34. The summed E-state index contributed by atoms with van der Waals surface area (Å²) in [6.07, 6.45) is 8.93. The zero-order valence-corrected chi connectivity index (χ0v) is 10.8. The molecule has 2 fully saturated rings. The van der Waals surface area contributed by atoms with Crippen LogP contribution in [0.2, 0.25) is 0 Å². The van der Waals surface area contributed by atoms with Crippen LogP contribution in [0.1, 0.15) is 53.6 Å². The molecule has 18 heavy (non-hydrogen) atoms. The number of hydrogen-bond acceptors (Lipinski definition) is 1. The molecule has 4 rings (SSSR count). The molecule has 2 unspecified atom stereocenters. The number of aryl methyl sites for hydroxylation is 2. The van der Waals surface area contributed by atoms with E-state index in [1.165, 1.54) is 56.1 Å². The molecule has 1 heteroatoms. The minimum Gasteiger partial charge on any atom is -0.294 e. The second-order valence-corrected chi connectivity index (χ2v) is 6.34. The van der Waals surface area contributed by atoms with Gasteiger partial charge in [-0.2, -0.15) is 0 Å². The maximum atomic E-state index is 12.5. The molecule has 0 aliphatic heterocycles. The number of ketones is 1. The summed E-state index contributed by atoms with van der Waals surface area (Å²) >= 11 is 0. The van der Waals surface area contributed by atoms with Gasteiger partial charge < -0.3 is 0 Å². The Bertz CT molecular complexity index is 492. The summed E-state index contributed by atoms with van der Waals surface area (Å²) in [5.74, 6) is 2.32. The minimum atomic E-state index is 0.389. The highest BCUT2D eigenvalue weighted by Crippen LogP contribution is 2.58. The molecule has 0 spiro atoms. The predicted octanol–water partition coefficient (Wildman–Crippen LogP) is 3.79. The molecule has 0 N–H and O–H groups in total. The van der Waals surface area contributed by atoms with Gasteiger partial charge in [0, 0.05) is 11.5 Å². The maximum absolute atomic E-state index is 12.5. The lowest BCUT2D eigenvalue weighted by Crippen LogP contribution is -2.09. The first-order chi connectivity index (χ1) is 8.84. The SMILES string of the molecule is O=C(c1ccc2c(c1)CCCC2)C1C2CCCC21. The summed E-state index contributed by atoms with van der Waals surface area (Å²) < 4.78 is 0. The molecule has 3 aliphatic rings. The highest BCUT2D eigenvalue weighted by Gasteiger charge is 2.56. The lowest BCUT2D eigenvalue weighted by molar-refractivity contribution is 0.0951. The van der Waals surface area contributed by atoms with Crippen molar-refractivity contribution in [1.82, 2.24) is 0 Å². The van der Waals surface area contributed by atoms with Crippen molar-refractivity contribution < 1.29 is 4.79 Å². The van der Waals surface area contributed by atoms with Crippen molar-refractivity contribution >= 4 is 5.78 Å². The van der Waals surface area contributed by atoms with Crippen molar-refractivity contribution in [2.45, 2.75) is 44.9 Å². The van der Waals surface area contributed by atoms with E-state index in [9.17, 15) is 4.79 Å². The molecule has 0 radical (unpaired) electrons. The van der Waals surface area contributed by atoms with E-state index in [1.807, 2.05) is 0 Å². The van der Waals surface area contributed by atoms with E-state index < -0.39 is 0 Å². The first-order valence-electron chi connectivity index (χ1n) is 7.50. The summed E-state index contributed by atoms with van der Waals surface area (Å²) in [6, 6.07) is 6.49. The van der Waals surface area contributed by atoms with Crippen LogP contribution in [0.5, 0.6) is 0 Å². The smallest absolute Gasteiger partial charge is 0.166 e. The largest absolute Gasteiger partial charge is 0.294 e. The number of benzene rings is 1. The number of carbonyl (C=O) groups is 1. The molecule has 0 aromatic heterocycles. The van der Waals surface area contributed by atoms with Crippen LogP contribution in [0.15, 0.2) is 18.2 Å². The van der Waals surface area contributed by atoms with Crippen molar-refractivity contribution in [3.8, 4) is 0 Å². The fourth-order valence-corrected chi connectivity index (χ4v) is 4.29. The topological polar surface area (TPSA) is 17.1 Å². The monoisotopic (exact) mass is 240 g/mol. The van der Waals surface area contributed by atoms with Gasteiger partial charge in [0.2, 0.25) is 0 Å². The second kappa shape index (κ2) is 3.94. The summed E-state index contributed by atoms with van der Waals surface area (Å²) in [4.78, 5) is 12.5. The minimum absolute atomic E-state index is 0.389. The van der Waals surface area contributed by atoms with Crippen LogP contribution in [0.3, 0.4) is 0 Å². The molecule has 0 saturated heterocycles. The molecule has 1 nitrogen and oxygen atoms in total. The van der Waals surface area contributed by atoms with E-state index in [1.54, 1.807) is 0 Å². The van der Waals surface area contributed by atoms with Crippen molar-refractivity contribution in [2.24, 2.45) is 17.8 Å². The van der Waals surface area contributed by atoms with Gasteiger partial charge in [-0.3, -0.25) is 4.79 Å². The molecule has 94 valence electrons. The second-order valence-electron chi connectivity index (χ2n) is 6.34. The molecule has 2 saturated carbocycles. The van der Waals surface area contributed by atoms with Gasteiger partial charge in [-0.05, 0) is 67.6 Å². The van der Waals surface area contributed by atoms with Gasteiger partial charge in [-0.25, -0.2) is 0 Å². The van der Waals surface area contributed by atoms with Crippen LogP contribution in [0, 0.1) is 17.8 Å². The van der Waals surface area contributed by atoms with Crippen LogP contribution in [0.25, 0.3) is 0 Å². The Morgan fingerprint density at radius 1 is 0.944 bits per heavy atom.